The molecule has 1 aromatic heterocycles. The topological polar surface area (TPSA) is 71.2 Å². The summed E-state index contributed by atoms with van der Waals surface area (Å²) >= 11 is 4.89. The quantitative estimate of drug-likeness (QED) is 0.741. The van der Waals surface area contributed by atoms with Gasteiger partial charge in [0, 0.05) is 25.0 Å². The van der Waals surface area contributed by atoms with Crippen molar-refractivity contribution in [3.8, 4) is 0 Å². The molecule has 0 aliphatic heterocycles. The maximum atomic E-state index is 11.6. The van der Waals surface area contributed by atoms with Crippen molar-refractivity contribution in [3.05, 3.63) is 24.0 Å². The normalized spacial score (nSPS) is 9.89. The summed E-state index contributed by atoms with van der Waals surface area (Å²) in [5.74, 6) is -0.00645. The highest BCUT2D eigenvalue weighted by Crippen LogP contribution is 2.14. The van der Waals surface area contributed by atoms with E-state index in [-0.39, 0.29) is 10.9 Å². The number of nitrogens with one attached hydrogen (secondary N) is 1. The largest absolute Gasteiger partial charge is 0.388 e. The summed E-state index contributed by atoms with van der Waals surface area (Å²) in [6, 6.07) is 3.63. The van der Waals surface area contributed by atoms with E-state index in [4.69, 9.17) is 18.0 Å². The third kappa shape index (κ3) is 3.96. The van der Waals surface area contributed by atoms with Crippen LogP contribution in [0.2, 0.25) is 0 Å². The maximum Gasteiger partial charge on any atom is 0.239 e. The summed E-state index contributed by atoms with van der Waals surface area (Å²) in [4.78, 5) is 17.9. The lowest BCUT2D eigenvalue weighted by atomic mass is 10.2. The fourth-order valence-electron chi connectivity index (χ4n) is 1.56. The molecular weight excluding hydrogens is 248 g/mol. The molecule has 0 atom stereocenters. The van der Waals surface area contributed by atoms with Gasteiger partial charge in [-0.1, -0.05) is 12.2 Å². The first-order valence-corrected chi connectivity index (χ1v) is 6.26. The number of amides is 1. The Balaban J connectivity index is 2.84. The van der Waals surface area contributed by atoms with Crippen LogP contribution in [-0.4, -0.2) is 35.5 Å². The summed E-state index contributed by atoms with van der Waals surface area (Å²) < 4.78 is 0. The van der Waals surface area contributed by atoms with Crippen LogP contribution in [0.1, 0.15) is 19.5 Å². The van der Waals surface area contributed by atoms with E-state index in [0.717, 1.165) is 12.2 Å². The Hall–Kier alpha value is -1.69. The van der Waals surface area contributed by atoms with E-state index in [2.05, 4.69) is 10.3 Å². The predicted octanol–water partition coefficient (Wildman–Crippen LogP) is 0.678. The zero-order valence-corrected chi connectivity index (χ0v) is 11.5. The van der Waals surface area contributed by atoms with E-state index in [0.29, 0.717) is 18.8 Å². The van der Waals surface area contributed by atoms with E-state index in [1.807, 2.05) is 24.8 Å². The zero-order chi connectivity index (χ0) is 13.5. The van der Waals surface area contributed by atoms with Crippen molar-refractivity contribution in [1.29, 1.82) is 0 Å². The smallest absolute Gasteiger partial charge is 0.239 e. The summed E-state index contributed by atoms with van der Waals surface area (Å²) in [6.45, 7) is 5.54. The van der Waals surface area contributed by atoms with Gasteiger partial charge in [-0.25, -0.2) is 0 Å². The van der Waals surface area contributed by atoms with Crippen LogP contribution in [0.3, 0.4) is 0 Å². The van der Waals surface area contributed by atoms with Crippen molar-refractivity contribution in [3.63, 3.8) is 0 Å². The molecule has 0 aliphatic rings. The first-order valence-electron chi connectivity index (χ1n) is 5.86. The molecule has 1 amide bonds. The molecule has 0 bridgehead atoms. The molecule has 98 valence electrons. The molecular formula is C12H18N4OS. The van der Waals surface area contributed by atoms with Gasteiger partial charge in [0.05, 0.1) is 12.2 Å². The number of hydrogen-bond donors (Lipinski definition) is 2. The Kier molecular flexibility index (Phi) is 5.51. The van der Waals surface area contributed by atoms with E-state index in [1.54, 1.807) is 12.3 Å². The molecule has 0 spiro atoms. The number of anilines is 1. The van der Waals surface area contributed by atoms with Crippen molar-refractivity contribution >= 4 is 28.8 Å². The highest BCUT2D eigenvalue weighted by Gasteiger charge is 2.10. The minimum absolute atomic E-state index is 0.00645. The molecule has 0 saturated carbocycles. The van der Waals surface area contributed by atoms with Gasteiger partial charge in [-0.15, -0.1) is 0 Å². The van der Waals surface area contributed by atoms with Gasteiger partial charge >= 0.3 is 0 Å². The number of carbonyl (C=O) groups is 1. The van der Waals surface area contributed by atoms with E-state index in [1.165, 1.54) is 0 Å². The van der Waals surface area contributed by atoms with Gasteiger partial charge in [0.15, 0.2) is 0 Å². The van der Waals surface area contributed by atoms with Gasteiger partial charge < -0.3 is 16.0 Å². The van der Waals surface area contributed by atoms with Gasteiger partial charge in [-0.05, 0) is 26.0 Å². The lowest BCUT2D eigenvalue weighted by molar-refractivity contribution is -0.119. The van der Waals surface area contributed by atoms with Gasteiger partial charge in [-0.3, -0.25) is 9.78 Å². The van der Waals surface area contributed by atoms with Crippen LogP contribution in [0.25, 0.3) is 0 Å². The van der Waals surface area contributed by atoms with Crippen LogP contribution >= 0.6 is 12.2 Å². The third-order valence-electron chi connectivity index (χ3n) is 2.45. The summed E-state index contributed by atoms with van der Waals surface area (Å²) in [5.41, 5.74) is 7.00. The summed E-state index contributed by atoms with van der Waals surface area (Å²) in [6.07, 6.45) is 1.64. The lowest BCUT2D eigenvalue weighted by Crippen LogP contribution is -2.37. The molecule has 0 aliphatic carbocycles. The zero-order valence-electron chi connectivity index (χ0n) is 10.6. The molecule has 1 rings (SSSR count). The Morgan fingerprint density at radius 3 is 2.83 bits per heavy atom. The molecule has 0 fully saturated rings. The number of carbonyl (C=O) groups excluding carboxylic acids is 1. The molecule has 0 aromatic carbocycles. The van der Waals surface area contributed by atoms with Gasteiger partial charge in [0.25, 0.3) is 0 Å². The molecule has 1 aromatic rings. The van der Waals surface area contributed by atoms with Crippen molar-refractivity contribution in [2.75, 3.05) is 24.5 Å². The SMILES string of the molecule is CCNC(=O)CN(CC)c1ccnc(C(N)=S)c1. The van der Waals surface area contributed by atoms with E-state index in [9.17, 15) is 4.79 Å². The van der Waals surface area contributed by atoms with Crippen LogP contribution < -0.4 is 16.0 Å². The number of nitrogens with two attached hydrogens (primary N) is 1. The van der Waals surface area contributed by atoms with Crippen molar-refractivity contribution in [2.24, 2.45) is 5.73 Å². The fourth-order valence-corrected chi connectivity index (χ4v) is 1.67. The molecule has 5 nitrogen and oxygen atoms in total. The molecule has 0 radical (unpaired) electrons. The predicted molar refractivity (Wildman–Crippen MR) is 76.7 cm³/mol. The second-order valence-electron chi connectivity index (χ2n) is 3.73. The molecule has 0 saturated heterocycles. The van der Waals surface area contributed by atoms with Crippen LogP contribution in [0, 0.1) is 0 Å². The van der Waals surface area contributed by atoms with E-state index < -0.39 is 0 Å². The highest BCUT2D eigenvalue weighted by molar-refractivity contribution is 7.80. The third-order valence-corrected chi connectivity index (χ3v) is 2.66. The molecule has 1 heterocycles. The number of thiocarbonyl (C=S) groups is 1. The van der Waals surface area contributed by atoms with Crippen molar-refractivity contribution in [1.82, 2.24) is 10.3 Å². The van der Waals surface area contributed by atoms with Gasteiger partial charge in [0.1, 0.15) is 4.99 Å². The lowest BCUT2D eigenvalue weighted by Gasteiger charge is -2.22. The summed E-state index contributed by atoms with van der Waals surface area (Å²) in [5, 5.41) is 2.77. The Bertz CT molecular complexity index is 436. The first-order chi connectivity index (χ1) is 8.58. The average Bonchev–Trinajstić information content (AvgIpc) is 2.36. The number of nitrogens with zero attached hydrogens (tertiary/aromatic N) is 2. The average molecular weight is 266 g/mol. The van der Waals surface area contributed by atoms with Crippen LogP contribution in [0.15, 0.2) is 18.3 Å². The minimum Gasteiger partial charge on any atom is -0.388 e. The highest BCUT2D eigenvalue weighted by atomic mass is 32.1. The Labute approximate surface area is 112 Å². The number of aromatic nitrogens is 1. The monoisotopic (exact) mass is 266 g/mol. The molecule has 0 unspecified atom stereocenters. The second-order valence-corrected chi connectivity index (χ2v) is 4.17. The number of pyridine rings is 1. The number of hydrogen-bond acceptors (Lipinski definition) is 4. The second kappa shape index (κ2) is 6.90. The summed E-state index contributed by atoms with van der Waals surface area (Å²) in [7, 11) is 0. The maximum absolute atomic E-state index is 11.6. The molecule has 3 N–H and O–H groups in total. The standard InChI is InChI=1S/C12H18N4OS/c1-3-14-11(17)8-16(4-2)9-5-6-15-10(7-9)12(13)18/h5-7H,3-4,8H2,1-2H3,(H2,13,18)(H,14,17). The Morgan fingerprint density at radius 1 is 1.56 bits per heavy atom. The van der Waals surface area contributed by atoms with E-state index >= 15 is 0 Å². The van der Waals surface area contributed by atoms with Crippen LogP contribution in [-0.2, 0) is 4.79 Å². The first kappa shape index (κ1) is 14.4. The minimum atomic E-state index is -0.00645. The molecule has 6 heteroatoms. The van der Waals surface area contributed by atoms with Crippen LogP contribution in [0.5, 0.6) is 0 Å². The molecule has 18 heavy (non-hydrogen) atoms. The fraction of sp³-hybridized carbons (Fsp3) is 0.417. The van der Waals surface area contributed by atoms with Crippen LogP contribution in [0.4, 0.5) is 5.69 Å². The van der Waals surface area contributed by atoms with Gasteiger partial charge in [0.2, 0.25) is 5.91 Å². The van der Waals surface area contributed by atoms with Crippen molar-refractivity contribution < 1.29 is 4.79 Å². The van der Waals surface area contributed by atoms with Crippen molar-refractivity contribution in [2.45, 2.75) is 13.8 Å². The Morgan fingerprint density at radius 2 is 2.28 bits per heavy atom. The van der Waals surface area contributed by atoms with Gasteiger partial charge in [-0.2, -0.15) is 0 Å². The number of rotatable bonds is 6. The number of likely N-dealkylation sites (N-methyl/N-ethyl adjacent to an activating group) is 2.